The van der Waals surface area contributed by atoms with Gasteiger partial charge in [-0.2, -0.15) is 5.26 Å². The average Bonchev–Trinajstić information content (AvgIpc) is 2.85. The summed E-state index contributed by atoms with van der Waals surface area (Å²) in [5.74, 6) is 0.398. The monoisotopic (exact) mass is 432 g/mol. The van der Waals surface area contributed by atoms with Crippen LogP contribution in [0.15, 0.2) is 42.5 Å². The highest BCUT2D eigenvalue weighted by Crippen LogP contribution is 2.29. The first-order valence-electron chi connectivity index (χ1n) is 11.1. The molecule has 2 aromatic carbocycles. The molecule has 0 spiro atoms. The molecule has 4 rings (SSSR count). The van der Waals surface area contributed by atoms with Crippen LogP contribution in [-0.2, 0) is 4.74 Å². The number of aryl methyl sites for hydroxylation is 1. The fourth-order valence-electron chi connectivity index (χ4n) is 4.32. The Morgan fingerprint density at radius 2 is 1.69 bits per heavy atom. The maximum absolute atomic E-state index is 13.2. The number of likely N-dealkylation sites (tertiary alicyclic amines) is 1. The summed E-state index contributed by atoms with van der Waals surface area (Å²) in [5.41, 5.74) is 4.04. The van der Waals surface area contributed by atoms with E-state index in [1.165, 1.54) is 5.56 Å². The zero-order chi connectivity index (χ0) is 22.5. The number of anilines is 1. The van der Waals surface area contributed by atoms with Crippen LogP contribution < -0.4 is 5.32 Å². The number of piperidine rings is 1. The first kappa shape index (κ1) is 21.8. The predicted octanol–water partition coefficient (Wildman–Crippen LogP) is 3.75. The number of benzene rings is 2. The molecule has 7 heteroatoms. The minimum atomic E-state index is -0.168. The van der Waals surface area contributed by atoms with E-state index in [4.69, 9.17) is 10.00 Å². The molecule has 3 amide bonds. The third kappa shape index (κ3) is 4.92. The van der Waals surface area contributed by atoms with Gasteiger partial charge in [0.2, 0.25) is 0 Å². The van der Waals surface area contributed by atoms with Gasteiger partial charge >= 0.3 is 6.03 Å². The van der Waals surface area contributed by atoms with Gasteiger partial charge in [-0.1, -0.05) is 18.2 Å². The number of rotatable bonds is 3. The molecule has 2 fully saturated rings. The third-order valence-corrected chi connectivity index (χ3v) is 6.31. The second kappa shape index (κ2) is 9.84. The molecule has 2 aromatic rings. The smallest absolute Gasteiger partial charge is 0.321 e. The van der Waals surface area contributed by atoms with Gasteiger partial charge in [-0.25, -0.2) is 4.79 Å². The number of morpholine rings is 1. The summed E-state index contributed by atoms with van der Waals surface area (Å²) in [6.07, 6.45) is 1.79. The number of carbonyl (C=O) groups is 2. The van der Waals surface area contributed by atoms with E-state index in [1.54, 1.807) is 11.0 Å². The first-order valence-corrected chi connectivity index (χ1v) is 11.1. The minimum absolute atomic E-state index is 0.00301. The lowest BCUT2D eigenvalue weighted by atomic mass is 9.88. The van der Waals surface area contributed by atoms with Crippen LogP contribution in [0.2, 0.25) is 0 Å². The van der Waals surface area contributed by atoms with Crippen molar-refractivity contribution in [2.75, 3.05) is 44.7 Å². The number of hydrogen-bond acceptors (Lipinski definition) is 4. The second-order valence-corrected chi connectivity index (χ2v) is 8.36. The Morgan fingerprint density at radius 1 is 1.00 bits per heavy atom. The maximum atomic E-state index is 13.2. The van der Waals surface area contributed by atoms with Crippen molar-refractivity contribution < 1.29 is 14.3 Å². The van der Waals surface area contributed by atoms with Gasteiger partial charge in [-0.15, -0.1) is 0 Å². The number of amides is 3. The van der Waals surface area contributed by atoms with Crippen molar-refractivity contribution in [3.8, 4) is 6.07 Å². The predicted molar refractivity (Wildman–Crippen MR) is 122 cm³/mol. The van der Waals surface area contributed by atoms with Crippen LogP contribution in [-0.4, -0.2) is 61.1 Å². The zero-order valence-corrected chi connectivity index (χ0v) is 18.3. The van der Waals surface area contributed by atoms with E-state index >= 15 is 0 Å². The van der Waals surface area contributed by atoms with Crippen molar-refractivity contribution in [2.24, 2.45) is 0 Å². The highest BCUT2D eigenvalue weighted by molar-refractivity contribution is 5.98. The highest BCUT2D eigenvalue weighted by atomic mass is 16.5. The molecule has 0 bridgehead atoms. The van der Waals surface area contributed by atoms with Gasteiger partial charge < -0.3 is 19.9 Å². The Morgan fingerprint density at radius 3 is 2.34 bits per heavy atom. The lowest BCUT2D eigenvalue weighted by molar-refractivity contribution is 0.0564. The molecule has 0 atom stereocenters. The summed E-state index contributed by atoms with van der Waals surface area (Å²) >= 11 is 0. The average molecular weight is 433 g/mol. The maximum Gasteiger partial charge on any atom is 0.321 e. The van der Waals surface area contributed by atoms with E-state index in [-0.39, 0.29) is 11.9 Å². The van der Waals surface area contributed by atoms with Gasteiger partial charge in [0.05, 0.1) is 24.8 Å². The van der Waals surface area contributed by atoms with E-state index in [0.29, 0.717) is 62.1 Å². The number of carbonyl (C=O) groups excluding carboxylic acids is 2. The van der Waals surface area contributed by atoms with Gasteiger partial charge in [0, 0.05) is 37.4 Å². The van der Waals surface area contributed by atoms with Gasteiger partial charge in [-0.05, 0) is 61.1 Å². The lowest BCUT2D eigenvalue weighted by Gasteiger charge is -2.33. The molecular weight excluding hydrogens is 404 g/mol. The van der Waals surface area contributed by atoms with E-state index in [1.807, 2.05) is 48.2 Å². The topological polar surface area (TPSA) is 85.7 Å². The summed E-state index contributed by atoms with van der Waals surface area (Å²) in [6, 6.07) is 15.2. The van der Waals surface area contributed by atoms with Gasteiger partial charge in [0.25, 0.3) is 5.91 Å². The Labute approximate surface area is 188 Å². The van der Waals surface area contributed by atoms with E-state index in [2.05, 4.69) is 11.4 Å². The molecule has 0 aliphatic carbocycles. The van der Waals surface area contributed by atoms with Crippen LogP contribution >= 0.6 is 0 Å². The molecule has 0 unspecified atom stereocenters. The van der Waals surface area contributed by atoms with Crippen LogP contribution in [0.5, 0.6) is 0 Å². The molecule has 1 N–H and O–H groups in total. The summed E-state index contributed by atoms with van der Waals surface area (Å²) in [5, 5.41) is 11.9. The summed E-state index contributed by atoms with van der Waals surface area (Å²) in [6.45, 7) is 5.52. The second-order valence-electron chi connectivity index (χ2n) is 8.36. The van der Waals surface area contributed by atoms with Crippen molar-refractivity contribution in [1.82, 2.24) is 9.80 Å². The van der Waals surface area contributed by atoms with Crippen molar-refractivity contribution in [2.45, 2.75) is 25.7 Å². The lowest BCUT2D eigenvalue weighted by Crippen LogP contribution is -2.43. The molecule has 2 saturated heterocycles. The van der Waals surface area contributed by atoms with Crippen LogP contribution in [0.25, 0.3) is 0 Å². The van der Waals surface area contributed by atoms with Crippen molar-refractivity contribution >= 4 is 17.6 Å². The van der Waals surface area contributed by atoms with Gasteiger partial charge in [0.1, 0.15) is 0 Å². The normalized spacial score (nSPS) is 17.0. The van der Waals surface area contributed by atoms with Crippen LogP contribution in [0.4, 0.5) is 10.5 Å². The Hall–Kier alpha value is -3.37. The molecule has 2 aliphatic heterocycles. The van der Waals surface area contributed by atoms with Crippen LogP contribution in [0.1, 0.15) is 45.8 Å². The molecule has 0 aromatic heterocycles. The Kier molecular flexibility index (Phi) is 6.72. The number of urea groups is 1. The number of hydrogen-bond donors (Lipinski definition) is 1. The third-order valence-electron chi connectivity index (χ3n) is 6.31. The number of nitrogens with zero attached hydrogens (tertiary/aromatic N) is 3. The van der Waals surface area contributed by atoms with Crippen molar-refractivity contribution in [1.29, 1.82) is 5.26 Å². The molecule has 0 saturated carbocycles. The fourth-order valence-corrected chi connectivity index (χ4v) is 4.32. The summed E-state index contributed by atoms with van der Waals surface area (Å²) in [4.78, 5) is 29.3. The molecule has 7 nitrogen and oxygen atoms in total. The first-order chi connectivity index (χ1) is 15.5. The fraction of sp³-hybridized carbons (Fsp3) is 0.400. The molecule has 2 heterocycles. The van der Waals surface area contributed by atoms with Crippen molar-refractivity contribution in [3.63, 3.8) is 0 Å². The minimum Gasteiger partial charge on any atom is -0.378 e. The molecule has 166 valence electrons. The molecule has 2 aliphatic rings. The van der Waals surface area contributed by atoms with Crippen LogP contribution in [0, 0.1) is 18.3 Å². The standard InChI is InChI=1S/C25H28N4O3/c1-18-2-7-22(27-25(31)29-12-14-32-15-13-29)16-23(18)24(30)28-10-8-21(9-11-28)20-5-3-19(17-26)4-6-20/h2-7,16,21H,8-15H2,1H3,(H,27,31). The Bertz CT molecular complexity index is 1010. The van der Waals surface area contributed by atoms with Crippen LogP contribution in [0.3, 0.4) is 0 Å². The van der Waals surface area contributed by atoms with E-state index in [0.717, 1.165) is 18.4 Å². The Balaban J connectivity index is 1.39. The zero-order valence-electron chi connectivity index (χ0n) is 18.3. The largest absolute Gasteiger partial charge is 0.378 e. The van der Waals surface area contributed by atoms with Gasteiger partial charge in [0.15, 0.2) is 0 Å². The van der Waals surface area contributed by atoms with E-state index in [9.17, 15) is 9.59 Å². The highest BCUT2D eigenvalue weighted by Gasteiger charge is 2.26. The number of ether oxygens (including phenoxy) is 1. The molecular formula is C25H28N4O3. The summed E-state index contributed by atoms with van der Waals surface area (Å²) in [7, 11) is 0. The SMILES string of the molecule is Cc1ccc(NC(=O)N2CCOCC2)cc1C(=O)N1CCC(c2ccc(C#N)cc2)CC1. The van der Waals surface area contributed by atoms with E-state index < -0.39 is 0 Å². The molecule has 32 heavy (non-hydrogen) atoms. The van der Waals surface area contributed by atoms with Gasteiger partial charge in [-0.3, -0.25) is 4.79 Å². The summed E-state index contributed by atoms with van der Waals surface area (Å²) < 4.78 is 5.29. The molecule has 0 radical (unpaired) electrons. The van der Waals surface area contributed by atoms with Crippen molar-refractivity contribution in [3.05, 3.63) is 64.7 Å². The quantitative estimate of drug-likeness (QED) is 0.800. The number of nitrogens with one attached hydrogen (secondary N) is 1. The number of nitriles is 1.